The van der Waals surface area contributed by atoms with Crippen LogP contribution in [0.25, 0.3) is 6.08 Å². The fraction of sp³-hybridized carbons (Fsp3) is 0.273. The highest BCUT2D eigenvalue weighted by Crippen LogP contribution is 2.22. The van der Waals surface area contributed by atoms with Crippen LogP contribution >= 0.6 is 15.9 Å². The Morgan fingerprint density at radius 1 is 1.11 bits per heavy atom. The number of nitrogens with one attached hydrogen (secondary N) is 1. The Balaban J connectivity index is 1.51. The smallest absolute Gasteiger partial charge is 0.246 e. The van der Waals surface area contributed by atoms with Gasteiger partial charge in [-0.2, -0.15) is 0 Å². The lowest BCUT2D eigenvalue weighted by Crippen LogP contribution is -2.40. The van der Waals surface area contributed by atoms with Gasteiger partial charge in [0.05, 0.1) is 0 Å². The van der Waals surface area contributed by atoms with E-state index in [0.29, 0.717) is 25.9 Å². The van der Waals surface area contributed by atoms with E-state index >= 15 is 0 Å². The van der Waals surface area contributed by atoms with Crippen LogP contribution in [0.5, 0.6) is 0 Å². The van der Waals surface area contributed by atoms with Crippen molar-refractivity contribution in [2.75, 3.05) is 18.4 Å². The highest BCUT2D eigenvalue weighted by atomic mass is 79.9. The summed E-state index contributed by atoms with van der Waals surface area (Å²) in [5, 5.41) is 2.95. The minimum absolute atomic E-state index is 0.00982. The van der Waals surface area contributed by atoms with Gasteiger partial charge in [-0.3, -0.25) is 9.59 Å². The molecule has 0 radical (unpaired) electrons. The largest absolute Gasteiger partial charge is 0.339 e. The quantitative estimate of drug-likeness (QED) is 0.723. The summed E-state index contributed by atoms with van der Waals surface area (Å²) in [5.41, 5.74) is 2.96. The predicted molar refractivity (Wildman–Crippen MR) is 112 cm³/mol. The molecule has 2 aromatic rings. The summed E-state index contributed by atoms with van der Waals surface area (Å²) in [6.07, 6.45) is 4.82. The van der Waals surface area contributed by atoms with Crippen LogP contribution < -0.4 is 5.32 Å². The van der Waals surface area contributed by atoms with Crippen LogP contribution in [0.2, 0.25) is 0 Å². The first kappa shape index (κ1) is 19.4. The fourth-order valence-corrected chi connectivity index (χ4v) is 3.79. The molecular weight excluding hydrogens is 404 g/mol. The molecule has 3 rings (SSSR count). The van der Waals surface area contributed by atoms with E-state index in [4.69, 9.17) is 0 Å². The van der Waals surface area contributed by atoms with E-state index in [-0.39, 0.29) is 17.7 Å². The average molecular weight is 427 g/mol. The van der Waals surface area contributed by atoms with Crippen molar-refractivity contribution in [3.8, 4) is 0 Å². The molecule has 0 aromatic heterocycles. The summed E-state index contributed by atoms with van der Waals surface area (Å²) in [7, 11) is 0. The van der Waals surface area contributed by atoms with Crippen LogP contribution in [0.15, 0.2) is 59.1 Å². The summed E-state index contributed by atoms with van der Waals surface area (Å²) in [6.45, 7) is 3.23. The molecule has 1 fully saturated rings. The van der Waals surface area contributed by atoms with Gasteiger partial charge >= 0.3 is 0 Å². The lowest BCUT2D eigenvalue weighted by atomic mass is 9.95. The van der Waals surface area contributed by atoms with E-state index < -0.39 is 0 Å². The first-order valence-electron chi connectivity index (χ1n) is 9.12. The Hall–Kier alpha value is -2.40. The maximum absolute atomic E-state index is 12.4. The van der Waals surface area contributed by atoms with Gasteiger partial charge in [0.2, 0.25) is 11.8 Å². The zero-order valence-corrected chi connectivity index (χ0v) is 16.9. The van der Waals surface area contributed by atoms with Gasteiger partial charge in [0.25, 0.3) is 0 Å². The Labute approximate surface area is 168 Å². The lowest BCUT2D eigenvalue weighted by molar-refractivity contribution is -0.130. The van der Waals surface area contributed by atoms with Gasteiger partial charge in [0.15, 0.2) is 0 Å². The van der Waals surface area contributed by atoms with Gasteiger partial charge in [0.1, 0.15) is 0 Å². The minimum atomic E-state index is -0.0514. The summed E-state index contributed by atoms with van der Waals surface area (Å²) in [4.78, 5) is 26.6. The highest BCUT2D eigenvalue weighted by molar-refractivity contribution is 9.10. The zero-order chi connectivity index (χ0) is 19.2. The summed E-state index contributed by atoms with van der Waals surface area (Å²) >= 11 is 3.52. The molecule has 1 N–H and O–H groups in total. The number of anilines is 1. The molecule has 0 atom stereocenters. The molecule has 2 aromatic carbocycles. The lowest BCUT2D eigenvalue weighted by Gasteiger charge is -2.30. The molecule has 5 heteroatoms. The van der Waals surface area contributed by atoms with Crippen molar-refractivity contribution in [3.63, 3.8) is 0 Å². The molecule has 140 valence electrons. The number of amides is 2. The van der Waals surface area contributed by atoms with E-state index in [1.807, 2.05) is 66.4 Å². The maximum Gasteiger partial charge on any atom is 0.246 e. The first-order chi connectivity index (χ1) is 13.0. The maximum atomic E-state index is 12.4. The Morgan fingerprint density at radius 2 is 1.81 bits per heavy atom. The Morgan fingerprint density at radius 3 is 2.48 bits per heavy atom. The molecule has 27 heavy (non-hydrogen) atoms. The normalized spacial score (nSPS) is 15.1. The number of carbonyl (C=O) groups is 2. The summed E-state index contributed by atoms with van der Waals surface area (Å²) in [5.74, 6) is -0.0266. The number of hydrogen-bond donors (Lipinski definition) is 1. The van der Waals surface area contributed by atoms with Crippen molar-refractivity contribution in [1.82, 2.24) is 4.90 Å². The molecule has 1 aliphatic rings. The van der Waals surface area contributed by atoms with Crippen LogP contribution in [-0.2, 0) is 9.59 Å². The second-order valence-corrected chi connectivity index (χ2v) is 7.67. The number of hydrogen-bond acceptors (Lipinski definition) is 2. The number of piperidine rings is 1. The SMILES string of the molecule is Cc1ccc(/C=C/C(=O)N2CCC(C(=O)Nc3ccccc3)CC2)c(Br)c1. The van der Waals surface area contributed by atoms with Gasteiger partial charge in [-0.25, -0.2) is 0 Å². The molecule has 0 unspecified atom stereocenters. The standard InChI is InChI=1S/C22H23BrN2O2/c1-16-7-8-17(20(23)15-16)9-10-21(26)25-13-11-18(12-14-25)22(27)24-19-5-3-2-4-6-19/h2-10,15,18H,11-14H2,1H3,(H,24,27)/b10-9+. The zero-order valence-electron chi connectivity index (χ0n) is 15.3. The fourth-order valence-electron chi connectivity index (χ4n) is 3.16. The number of nitrogens with zero attached hydrogens (tertiary/aromatic N) is 1. The molecule has 0 bridgehead atoms. The van der Waals surface area contributed by atoms with Gasteiger partial charge < -0.3 is 10.2 Å². The molecule has 1 aliphatic heterocycles. The molecule has 1 saturated heterocycles. The number of likely N-dealkylation sites (tertiary alicyclic amines) is 1. The highest BCUT2D eigenvalue weighted by Gasteiger charge is 2.26. The number of carbonyl (C=O) groups excluding carboxylic acids is 2. The molecule has 0 saturated carbocycles. The van der Waals surface area contributed by atoms with Crippen LogP contribution in [0.1, 0.15) is 24.0 Å². The first-order valence-corrected chi connectivity index (χ1v) is 9.91. The van der Waals surface area contributed by atoms with Crippen molar-refractivity contribution < 1.29 is 9.59 Å². The molecule has 4 nitrogen and oxygen atoms in total. The van der Waals surface area contributed by atoms with Crippen LogP contribution in [0.3, 0.4) is 0 Å². The van der Waals surface area contributed by atoms with Crippen LogP contribution in [0, 0.1) is 12.8 Å². The van der Waals surface area contributed by atoms with Crippen molar-refractivity contribution >= 4 is 39.5 Å². The Kier molecular flexibility index (Phi) is 6.45. The summed E-state index contributed by atoms with van der Waals surface area (Å²) < 4.78 is 0.975. The monoisotopic (exact) mass is 426 g/mol. The van der Waals surface area contributed by atoms with Gasteiger partial charge in [-0.05, 0) is 55.2 Å². The number of benzene rings is 2. The van der Waals surface area contributed by atoms with E-state index in [0.717, 1.165) is 15.7 Å². The third kappa shape index (κ3) is 5.30. The minimum Gasteiger partial charge on any atom is -0.339 e. The second kappa shape index (κ2) is 9.00. The van der Waals surface area contributed by atoms with Gasteiger partial charge in [-0.1, -0.05) is 46.3 Å². The van der Waals surface area contributed by atoms with Crippen molar-refractivity contribution in [2.24, 2.45) is 5.92 Å². The van der Waals surface area contributed by atoms with Gasteiger partial charge in [-0.15, -0.1) is 0 Å². The Bertz CT molecular complexity index is 841. The topological polar surface area (TPSA) is 49.4 Å². The number of para-hydroxylation sites is 1. The number of rotatable bonds is 4. The predicted octanol–water partition coefficient (Wildman–Crippen LogP) is 4.65. The molecule has 1 heterocycles. The molecule has 0 aliphatic carbocycles. The number of halogens is 1. The third-order valence-electron chi connectivity index (χ3n) is 4.78. The van der Waals surface area contributed by atoms with Gasteiger partial charge in [0, 0.05) is 35.2 Å². The van der Waals surface area contributed by atoms with Crippen molar-refractivity contribution in [3.05, 3.63) is 70.2 Å². The molecule has 2 amide bonds. The second-order valence-electron chi connectivity index (χ2n) is 6.81. The van der Waals surface area contributed by atoms with Crippen molar-refractivity contribution in [1.29, 1.82) is 0 Å². The average Bonchev–Trinajstić information content (AvgIpc) is 2.68. The third-order valence-corrected chi connectivity index (χ3v) is 5.47. The molecular formula is C22H23BrN2O2. The van der Waals surface area contributed by atoms with Crippen LogP contribution in [-0.4, -0.2) is 29.8 Å². The van der Waals surface area contributed by atoms with E-state index in [2.05, 4.69) is 21.2 Å². The van der Waals surface area contributed by atoms with E-state index in [9.17, 15) is 9.59 Å². The number of aryl methyl sites for hydroxylation is 1. The van der Waals surface area contributed by atoms with Crippen LogP contribution in [0.4, 0.5) is 5.69 Å². The van der Waals surface area contributed by atoms with E-state index in [1.165, 1.54) is 5.56 Å². The summed E-state index contributed by atoms with van der Waals surface area (Å²) in [6, 6.07) is 15.5. The van der Waals surface area contributed by atoms with Crippen molar-refractivity contribution in [2.45, 2.75) is 19.8 Å². The van der Waals surface area contributed by atoms with E-state index in [1.54, 1.807) is 6.08 Å². The molecule has 0 spiro atoms.